The summed E-state index contributed by atoms with van der Waals surface area (Å²) in [5, 5.41) is 0. The van der Waals surface area contributed by atoms with Crippen LogP contribution in [-0.4, -0.2) is 42.0 Å². The highest BCUT2D eigenvalue weighted by molar-refractivity contribution is 7.81. The van der Waals surface area contributed by atoms with Crippen LogP contribution in [0.4, 0.5) is 0 Å². The van der Waals surface area contributed by atoms with Gasteiger partial charge in [0.2, 0.25) is 0 Å². The largest absolute Gasteiger partial charge is 0.383 e. The van der Waals surface area contributed by atoms with Gasteiger partial charge in [0.25, 0.3) is 0 Å². The van der Waals surface area contributed by atoms with E-state index >= 15 is 0 Å². The van der Waals surface area contributed by atoms with Gasteiger partial charge in [-0.2, -0.15) is 0 Å². The van der Waals surface area contributed by atoms with Gasteiger partial charge >= 0.3 is 0 Å². The number of piperidine rings is 1. The molecule has 0 amide bonds. The smallest absolute Gasteiger partial charge is 0.111 e. The van der Waals surface area contributed by atoms with Crippen molar-refractivity contribution < 1.29 is 0 Å². The summed E-state index contributed by atoms with van der Waals surface area (Å²) >= 11 is 5.73. The number of likely N-dealkylation sites (tertiary alicyclic amines) is 1. The SMILES string of the molecule is CN(C)C=C(C(=S)N1CCCCC1)c1ccccc1. The third-order valence-electron chi connectivity index (χ3n) is 3.35. The summed E-state index contributed by atoms with van der Waals surface area (Å²) in [6.45, 7) is 2.19. The van der Waals surface area contributed by atoms with Crippen molar-refractivity contribution in [1.82, 2.24) is 9.80 Å². The molecule has 3 heteroatoms. The third kappa shape index (κ3) is 3.80. The maximum atomic E-state index is 5.73. The number of hydrogen-bond donors (Lipinski definition) is 0. The van der Waals surface area contributed by atoms with Gasteiger partial charge < -0.3 is 9.80 Å². The monoisotopic (exact) mass is 274 g/mol. The van der Waals surface area contributed by atoms with Gasteiger partial charge in [-0.25, -0.2) is 0 Å². The van der Waals surface area contributed by atoms with Crippen LogP contribution in [0, 0.1) is 0 Å². The molecule has 19 heavy (non-hydrogen) atoms. The molecule has 0 aliphatic carbocycles. The van der Waals surface area contributed by atoms with E-state index in [0.717, 1.165) is 23.7 Å². The Balaban J connectivity index is 2.25. The van der Waals surface area contributed by atoms with Gasteiger partial charge in [0, 0.05) is 39.0 Å². The lowest BCUT2D eigenvalue weighted by Crippen LogP contribution is -2.35. The lowest BCUT2D eigenvalue weighted by atomic mass is 10.0. The highest BCUT2D eigenvalue weighted by Crippen LogP contribution is 2.21. The molecule has 0 radical (unpaired) electrons. The molecule has 0 unspecified atom stereocenters. The van der Waals surface area contributed by atoms with Crippen LogP contribution in [-0.2, 0) is 0 Å². The Morgan fingerprint density at radius 2 is 1.74 bits per heavy atom. The summed E-state index contributed by atoms with van der Waals surface area (Å²) in [5.41, 5.74) is 2.36. The van der Waals surface area contributed by atoms with Crippen LogP contribution in [0.2, 0.25) is 0 Å². The molecule has 0 spiro atoms. The Morgan fingerprint density at radius 1 is 1.11 bits per heavy atom. The predicted octanol–water partition coefficient (Wildman–Crippen LogP) is 3.40. The van der Waals surface area contributed by atoms with Crippen molar-refractivity contribution in [3.05, 3.63) is 42.1 Å². The second kappa shape index (κ2) is 6.71. The van der Waals surface area contributed by atoms with Gasteiger partial charge in [-0.15, -0.1) is 0 Å². The second-order valence-electron chi connectivity index (χ2n) is 5.23. The van der Waals surface area contributed by atoms with E-state index in [2.05, 4.69) is 40.3 Å². The molecule has 0 atom stereocenters. The van der Waals surface area contributed by atoms with Crippen LogP contribution in [0.3, 0.4) is 0 Å². The summed E-state index contributed by atoms with van der Waals surface area (Å²) in [7, 11) is 4.09. The van der Waals surface area contributed by atoms with Crippen molar-refractivity contribution in [2.24, 2.45) is 0 Å². The average molecular weight is 274 g/mol. The molecule has 1 aromatic rings. The number of thiocarbonyl (C=S) groups is 1. The first kappa shape index (κ1) is 14.1. The minimum absolute atomic E-state index is 0.986. The molecule has 2 nitrogen and oxygen atoms in total. The standard InChI is InChI=1S/C16H22N2S/c1-17(2)13-15(14-9-5-3-6-10-14)16(19)18-11-7-4-8-12-18/h3,5-6,9-10,13H,4,7-8,11-12H2,1-2H3. The zero-order valence-corrected chi connectivity index (χ0v) is 12.6. The lowest BCUT2D eigenvalue weighted by molar-refractivity contribution is 0.349. The van der Waals surface area contributed by atoms with Crippen LogP contribution in [0.5, 0.6) is 0 Å². The highest BCUT2D eigenvalue weighted by Gasteiger charge is 2.18. The van der Waals surface area contributed by atoms with E-state index in [9.17, 15) is 0 Å². The summed E-state index contributed by atoms with van der Waals surface area (Å²) in [6.07, 6.45) is 5.97. The fourth-order valence-corrected chi connectivity index (χ4v) is 2.75. The molecule has 1 aromatic carbocycles. The van der Waals surface area contributed by atoms with E-state index in [4.69, 9.17) is 12.2 Å². The highest BCUT2D eigenvalue weighted by atomic mass is 32.1. The van der Waals surface area contributed by atoms with Gasteiger partial charge in [0.15, 0.2) is 0 Å². The normalized spacial score (nSPS) is 16.3. The molecule has 102 valence electrons. The predicted molar refractivity (Wildman–Crippen MR) is 86.1 cm³/mol. The molecule has 0 bridgehead atoms. The molecular formula is C16H22N2S. The Bertz CT molecular complexity index is 445. The van der Waals surface area contributed by atoms with E-state index in [0.29, 0.717) is 0 Å². The molecule has 0 N–H and O–H groups in total. The van der Waals surface area contributed by atoms with Crippen molar-refractivity contribution in [1.29, 1.82) is 0 Å². The number of hydrogen-bond acceptors (Lipinski definition) is 2. The third-order valence-corrected chi connectivity index (χ3v) is 3.82. The quantitative estimate of drug-likeness (QED) is 0.616. The zero-order valence-electron chi connectivity index (χ0n) is 11.8. The summed E-state index contributed by atoms with van der Waals surface area (Å²) < 4.78 is 0. The average Bonchev–Trinajstić information content (AvgIpc) is 2.46. The molecule has 0 aromatic heterocycles. The van der Waals surface area contributed by atoms with Crippen molar-refractivity contribution >= 4 is 22.8 Å². The van der Waals surface area contributed by atoms with E-state index < -0.39 is 0 Å². The number of nitrogens with zero attached hydrogens (tertiary/aromatic N) is 2. The molecule has 1 aliphatic rings. The molecule has 1 saturated heterocycles. The molecule has 1 aliphatic heterocycles. The Morgan fingerprint density at radius 3 is 2.32 bits per heavy atom. The van der Waals surface area contributed by atoms with Crippen LogP contribution < -0.4 is 0 Å². The summed E-state index contributed by atoms with van der Waals surface area (Å²) in [4.78, 5) is 5.40. The van der Waals surface area contributed by atoms with Crippen molar-refractivity contribution in [2.45, 2.75) is 19.3 Å². The van der Waals surface area contributed by atoms with E-state index in [1.54, 1.807) is 0 Å². The molecular weight excluding hydrogens is 252 g/mol. The van der Waals surface area contributed by atoms with Crippen LogP contribution in [0.15, 0.2) is 36.5 Å². The Kier molecular flexibility index (Phi) is 4.97. The van der Waals surface area contributed by atoms with Gasteiger partial charge in [-0.1, -0.05) is 42.5 Å². The maximum absolute atomic E-state index is 5.73. The van der Waals surface area contributed by atoms with E-state index in [-0.39, 0.29) is 0 Å². The number of rotatable bonds is 3. The van der Waals surface area contributed by atoms with Crippen molar-refractivity contribution in [3.8, 4) is 0 Å². The van der Waals surface area contributed by atoms with Crippen molar-refractivity contribution in [3.63, 3.8) is 0 Å². The van der Waals surface area contributed by atoms with Crippen LogP contribution in [0.25, 0.3) is 5.57 Å². The minimum Gasteiger partial charge on any atom is -0.383 e. The summed E-state index contributed by atoms with van der Waals surface area (Å²) in [6, 6.07) is 10.4. The molecule has 0 saturated carbocycles. The molecule has 2 rings (SSSR count). The fourth-order valence-electron chi connectivity index (χ4n) is 2.40. The Hall–Kier alpha value is -1.35. The first-order valence-corrected chi connectivity index (χ1v) is 7.32. The number of benzene rings is 1. The zero-order chi connectivity index (χ0) is 13.7. The van der Waals surface area contributed by atoms with E-state index in [1.165, 1.54) is 24.8 Å². The lowest BCUT2D eigenvalue weighted by Gasteiger charge is -2.30. The van der Waals surface area contributed by atoms with Crippen LogP contribution in [0.1, 0.15) is 24.8 Å². The molecule has 1 fully saturated rings. The maximum Gasteiger partial charge on any atom is 0.111 e. The topological polar surface area (TPSA) is 6.48 Å². The molecule has 1 heterocycles. The van der Waals surface area contributed by atoms with E-state index in [1.807, 2.05) is 20.2 Å². The van der Waals surface area contributed by atoms with Gasteiger partial charge in [-0.05, 0) is 24.8 Å². The van der Waals surface area contributed by atoms with Gasteiger partial charge in [-0.3, -0.25) is 0 Å². The summed E-state index contributed by atoms with van der Waals surface area (Å²) in [5.74, 6) is 0. The first-order chi connectivity index (χ1) is 9.18. The second-order valence-corrected chi connectivity index (χ2v) is 5.61. The Labute approximate surface area is 121 Å². The van der Waals surface area contributed by atoms with Crippen molar-refractivity contribution in [2.75, 3.05) is 27.2 Å². The van der Waals surface area contributed by atoms with Crippen LogP contribution >= 0.6 is 12.2 Å². The first-order valence-electron chi connectivity index (χ1n) is 6.91. The fraction of sp³-hybridized carbons (Fsp3) is 0.438. The van der Waals surface area contributed by atoms with Gasteiger partial charge in [0.1, 0.15) is 4.99 Å². The minimum atomic E-state index is 0.986. The van der Waals surface area contributed by atoms with Gasteiger partial charge in [0.05, 0.1) is 0 Å².